The van der Waals surface area contributed by atoms with E-state index in [2.05, 4.69) is 50.7 Å². The molecule has 0 aliphatic carbocycles. The fourth-order valence-electron chi connectivity index (χ4n) is 2.37. The van der Waals surface area contributed by atoms with Crippen molar-refractivity contribution >= 4 is 22.2 Å². The molecule has 0 unspecified atom stereocenters. The average molecular weight is 301 g/mol. The number of fused-ring (bicyclic) bond motifs is 1. The molecule has 0 aliphatic rings. The minimum absolute atomic E-state index is 0.739. The Labute approximate surface area is 128 Å². The molecule has 0 saturated heterocycles. The van der Waals surface area contributed by atoms with Crippen LogP contribution >= 0.6 is 11.3 Å². The molecule has 0 spiro atoms. The molecule has 0 bridgehead atoms. The van der Waals surface area contributed by atoms with Crippen molar-refractivity contribution < 1.29 is 4.74 Å². The number of aromatic nitrogens is 2. The number of hydrogen-bond donors (Lipinski definition) is 1. The first-order valence-corrected chi connectivity index (χ1v) is 7.95. The lowest BCUT2D eigenvalue weighted by molar-refractivity contribution is 0.199. The van der Waals surface area contributed by atoms with Crippen LogP contribution in [0.1, 0.15) is 11.3 Å². The van der Waals surface area contributed by atoms with Crippen LogP contribution in [0, 0.1) is 0 Å². The standard InChI is InChI=1S/C16H19N3OS/c1-20-7-5-17-9-13-2-3-14-4-6-19(16(14)8-13)10-15-11-21-12-18-15/h2-4,6,8,11-12,17H,5,7,9-10H2,1H3. The van der Waals surface area contributed by atoms with Crippen molar-refractivity contribution in [3.63, 3.8) is 0 Å². The molecule has 0 saturated carbocycles. The molecule has 0 aliphatic heterocycles. The van der Waals surface area contributed by atoms with Crippen molar-refractivity contribution in [2.24, 2.45) is 0 Å². The molecular weight excluding hydrogens is 282 g/mol. The highest BCUT2D eigenvalue weighted by Gasteiger charge is 2.04. The number of benzene rings is 1. The summed E-state index contributed by atoms with van der Waals surface area (Å²) in [5.74, 6) is 0. The first-order chi connectivity index (χ1) is 10.4. The molecule has 0 fully saturated rings. The Morgan fingerprint density at radius 1 is 1.33 bits per heavy atom. The van der Waals surface area contributed by atoms with Crippen molar-refractivity contribution in [3.05, 3.63) is 52.6 Å². The summed E-state index contributed by atoms with van der Waals surface area (Å²) in [6, 6.07) is 8.76. The van der Waals surface area contributed by atoms with Crippen molar-refractivity contribution in [2.75, 3.05) is 20.3 Å². The number of methoxy groups -OCH3 is 1. The normalized spacial score (nSPS) is 11.3. The summed E-state index contributed by atoms with van der Waals surface area (Å²) >= 11 is 1.64. The van der Waals surface area contributed by atoms with Gasteiger partial charge in [0.2, 0.25) is 0 Å². The van der Waals surface area contributed by atoms with E-state index < -0.39 is 0 Å². The van der Waals surface area contributed by atoms with E-state index in [1.807, 2.05) is 5.51 Å². The largest absolute Gasteiger partial charge is 0.383 e. The summed E-state index contributed by atoms with van der Waals surface area (Å²) < 4.78 is 7.30. The fourth-order valence-corrected chi connectivity index (χ4v) is 2.92. The monoisotopic (exact) mass is 301 g/mol. The number of nitrogens with zero attached hydrogens (tertiary/aromatic N) is 2. The van der Waals surface area contributed by atoms with Crippen LogP contribution in [0.2, 0.25) is 0 Å². The number of nitrogens with one attached hydrogen (secondary N) is 1. The van der Waals surface area contributed by atoms with Gasteiger partial charge in [-0.05, 0) is 23.1 Å². The lowest BCUT2D eigenvalue weighted by Crippen LogP contribution is -2.18. The predicted octanol–water partition coefficient (Wildman–Crippen LogP) is 2.88. The van der Waals surface area contributed by atoms with Crippen LogP contribution < -0.4 is 5.32 Å². The number of hydrogen-bond acceptors (Lipinski definition) is 4. The second-order valence-corrected chi connectivity index (χ2v) is 5.70. The van der Waals surface area contributed by atoms with Gasteiger partial charge < -0.3 is 14.6 Å². The highest BCUT2D eigenvalue weighted by molar-refractivity contribution is 7.07. The SMILES string of the molecule is COCCNCc1ccc2ccn(Cc3cscn3)c2c1. The third-order valence-electron chi connectivity index (χ3n) is 3.47. The lowest BCUT2D eigenvalue weighted by Gasteiger charge is -2.07. The van der Waals surface area contributed by atoms with E-state index in [1.165, 1.54) is 16.5 Å². The van der Waals surface area contributed by atoms with E-state index in [0.29, 0.717) is 0 Å². The van der Waals surface area contributed by atoms with E-state index >= 15 is 0 Å². The maximum Gasteiger partial charge on any atom is 0.0795 e. The van der Waals surface area contributed by atoms with Gasteiger partial charge in [-0.2, -0.15) is 0 Å². The smallest absolute Gasteiger partial charge is 0.0795 e. The van der Waals surface area contributed by atoms with Crippen LogP contribution in [0.4, 0.5) is 0 Å². The minimum Gasteiger partial charge on any atom is -0.383 e. The molecule has 21 heavy (non-hydrogen) atoms. The quantitative estimate of drug-likeness (QED) is 0.682. The zero-order valence-corrected chi connectivity index (χ0v) is 12.9. The van der Waals surface area contributed by atoms with Crippen molar-refractivity contribution in [1.82, 2.24) is 14.9 Å². The molecule has 5 heteroatoms. The highest BCUT2D eigenvalue weighted by Crippen LogP contribution is 2.19. The van der Waals surface area contributed by atoms with Gasteiger partial charge in [0.1, 0.15) is 0 Å². The fraction of sp³-hybridized carbons (Fsp3) is 0.312. The maximum atomic E-state index is 5.04. The molecule has 1 N–H and O–H groups in total. The molecule has 4 nitrogen and oxygen atoms in total. The molecule has 0 amide bonds. The van der Waals surface area contributed by atoms with E-state index in [9.17, 15) is 0 Å². The zero-order chi connectivity index (χ0) is 14.5. The van der Waals surface area contributed by atoms with Gasteiger partial charge in [-0.15, -0.1) is 11.3 Å². The van der Waals surface area contributed by atoms with Gasteiger partial charge in [-0.1, -0.05) is 12.1 Å². The number of thiazole rings is 1. The maximum absolute atomic E-state index is 5.04. The first kappa shape index (κ1) is 14.3. The molecule has 3 rings (SSSR count). The zero-order valence-electron chi connectivity index (χ0n) is 12.1. The van der Waals surface area contributed by atoms with Crippen LogP contribution in [-0.2, 0) is 17.8 Å². The lowest BCUT2D eigenvalue weighted by atomic mass is 10.1. The van der Waals surface area contributed by atoms with E-state index in [-0.39, 0.29) is 0 Å². The summed E-state index contributed by atoms with van der Waals surface area (Å²) in [5, 5.41) is 6.75. The molecule has 1 aromatic carbocycles. The van der Waals surface area contributed by atoms with Crippen LogP contribution in [0.5, 0.6) is 0 Å². The molecule has 2 heterocycles. The van der Waals surface area contributed by atoms with Crippen molar-refractivity contribution in [2.45, 2.75) is 13.1 Å². The van der Waals surface area contributed by atoms with E-state index in [0.717, 1.165) is 31.9 Å². The third kappa shape index (κ3) is 3.50. The average Bonchev–Trinajstić information content (AvgIpc) is 3.14. The van der Waals surface area contributed by atoms with Crippen LogP contribution in [-0.4, -0.2) is 29.8 Å². The summed E-state index contributed by atoms with van der Waals surface area (Å²) in [6.45, 7) is 3.30. The van der Waals surface area contributed by atoms with Gasteiger partial charge in [-0.3, -0.25) is 0 Å². The molecule has 3 aromatic rings. The van der Waals surface area contributed by atoms with Crippen LogP contribution in [0.25, 0.3) is 10.9 Å². The van der Waals surface area contributed by atoms with Crippen LogP contribution in [0.15, 0.2) is 41.4 Å². The highest BCUT2D eigenvalue weighted by atomic mass is 32.1. The van der Waals surface area contributed by atoms with E-state index in [4.69, 9.17) is 4.74 Å². The Balaban J connectivity index is 1.75. The summed E-state index contributed by atoms with van der Waals surface area (Å²) in [5.41, 5.74) is 5.54. The Kier molecular flexibility index (Phi) is 4.65. The Hall–Kier alpha value is -1.69. The van der Waals surface area contributed by atoms with Crippen LogP contribution in [0.3, 0.4) is 0 Å². The van der Waals surface area contributed by atoms with Crippen molar-refractivity contribution in [3.8, 4) is 0 Å². The van der Waals surface area contributed by atoms with Gasteiger partial charge in [0, 0.05) is 37.3 Å². The topological polar surface area (TPSA) is 39.1 Å². The van der Waals surface area contributed by atoms with Gasteiger partial charge in [0.15, 0.2) is 0 Å². The summed E-state index contributed by atoms with van der Waals surface area (Å²) in [4.78, 5) is 4.36. The number of ether oxygens (including phenoxy) is 1. The summed E-state index contributed by atoms with van der Waals surface area (Å²) in [6.07, 6.45) is 2.13. The second-order valence-electron chi connectivity index (χ2n) is 4.99. The third-order valence-corrected chi connectivity index (χ3v) is 4.10. The van der Waals surface area contributed by atoms with E-state index in [1.54, 1.807) is 18.4 Å². The Morgan fingerprint density at radius 2 is 2.29 bits per heavy atom. The molecule has 110 valence electrons. The van der Waals surface area contributed by atoms with Gasteiger partial charge >= 0.3 is 0 Å². The van der Waals surface area contributed by atoms with Crippen molar-refractivity contribution in [1.29, 1.82) is 0 Å². The molecular formula is C16H19N3OS. The Bertz CT molecular complexity index is 691. The first-order valence-electron chi connectivity index (χ1n) is 7.01. The minimum atomic E-state index is 0.739. The number of rotatable bonds is 7. The molecule has 0 radical (unpaired) electrons. The second kappa shape index (κ2) is 6.85. The predicted molar refractivity (Wildman–Crippen MR) is 86.7 cm³/mol. The summed E-state index contributed by atoms with van der Waals surface area (Å²) in [7, 11) is 1.72. The van der Waals surface area contributed by atoms with Gasteiger partial charge in [-0.25, -0.2) is 4.98 Å². The van der Waals surface area contributed by atoms with Gasteiger partial charge in [0.25, 0.3) is 0 Å². The van der Waals surface area contributed by atoms with Gasteiger partial charge in [0.05, 0.1) is 24.4 Å². The molecule has 2 aromatic heterocycles. The molecule has 0 atom stereocenters. The Morgan fingerprint density at radius 3 is 3.10 bits per heavy atom.